The Morgan fingerprint density at radius 1 is 1.24 bits per heavy atom. The van der Waals surface area contributed by atoms with Gasteiger partial charge in [0.1, 0.15) is 0 Å². The highest BCUT2D eigenvalue weighted by Gasteiger charge is 2.36. The number of carbonyl (C=O) groups excluding carboxylic acids is 2. The van der Waals surface area contributed by atoms with Gasteiger partial charge in [-0.2, -0.15) is 11.8 Å². The van der Waals surface area contributed by atoms with Gasteiger partial charge in [0.25, 0.3) is 0 Å². The van der Waals surface area contributed by atoms with Crippen LogP contribution in [0.2, 0.25) is 6.04 Å². The molecule has 0 aromatic heterocycles. The van der Waals surface area contributed by atoms with Crippen LogP contribution < -0.4 is 11.1 Å². The largest absolute Gasteiger partial charge is 0.500 e. The molecule has 124 valence electrons. The Kier molecular flexibility index (Phi) is 10.7. The summed E-state index contributed by atoms with van der Waals surface area (Å²) in [5.41, 5.74) is 4.97. The number of nitrogens with one attached hydrogen (secondary N) is 1. The zero-order chi connectivity index (χ0) is 16.3. The Bertz CT molecular complexity index is 321. The molecule has 0 saturated carbocycles. The summed E-state index contributed by atoms with van der Waals surface area (Å²) in [6, 6.07) is 0.742. The maximum absolute atomic E-state index is 11.6. The molecule has 1 unspecified atom stereocenters. The predicted molar refractivity (Wildman–Crippen MR) is 84.9 cm³/mol. The number of carbonyl (C=O) groups is 2. The number of rotatable bonds is 12. The second-order valence-electron chi connectivity index (χ2n) is 4.56. The Morgan fingerprint density at radius 2 is 1.81 bits per heavy atom. The van der Waals surface area contributed by atoms with Crippen LogP contribution in [0.5, 0.6) is 0 Å². The molecule has 0 aliphatic carbocycles. The fraction of sp³-hybridized carbons (Fsp3) is 0.833. The van der Waals surface area contributed by atoms with Crippen molar-refractivity contribution in [1.82, 2.24) is 5.32 Å². The highest BCUT2D eigenvalue weighted by atomic mass is 32.2. The second-order valence-corrected chi connectivity index (χ2v) is 8.80. The minimum absolute atomic E-state index is 0.114. The predicted octanol–water partition coefficient (Wildman–Crippen LogP) is 0.225. The highest BCUT2D eigenvalue weighted by Crippen LogP contribution is 2.18. The first kappa shape index (κ1) is 20.4. The SMILES string of the molecule is CO[Si](CCCSCC(C)C(=O)NCC(N)=O)(OC)OC. The van der Waals surface area contributed by atoms with Crippen LogP contribution in [0.25, 0.3) is 0 Å². The van der Waals surface area contributed by atoms with Gasteiger partial charge in [-0.15, -0.1) is 0 Å². The Balaban J connectivity index is 3.84. The smallest absolute Gasteiger partial charge is 0.377 e. The molecule has 3 N–H and O–H groups in total. The quantitative estimate of drug-likeness (QED) is 0.390. The highest BCUT2D eigenvalue weighted by molar-refractivity contribution is 7.99. The maximum Gasteiger partial charge on any atom is 0.500 e. The average molecular weight is 339 g/mol. The summed E-state index contributed by atoms with van der Waals surface area (Å²) >= 11 is 1.67. The minimum atomic E-state index is -2.49. The van der Waals surface area contributed by atoms with Crippen LogP contribution in [0.15, 0.2) is 0 Å². The lowest BCUT2D eigenvalue weighted by Gasteiger charge is -2.24. The van der Waals surface area contributed by atoms with Crippen molar-refractivity contribution >= 4 is 32.4 Å². The molecule has 0 radical (unpaired) electrons. The Labute approximate surface area is 131 Å². The van der Waals surface area contributed by atoms with Gasteiger partial charge in [-0.05, 0) is 12.2 Å². The van der Waals surface area contributed by atoms with Crippen molar-refractivity contribution in [2.24, 2.45) is 11.7 Å². The van der Waals surface area contributed by atoms with Crippen LogP contribution in [-0.2, 0) is 22.9 Å². The van der Waals surface area contributed by atoms with Crippen LogP contribution >= 0.6 is 11.8 Å². The normalized spacial score (nSPS) is 13.0. The van der Waals surface area contributed by atoms with Gasteiger partial charge in [-0.25, -0.2) is 0 Å². The van der Waals surface area contributed by atoms with E-state index in [0.717, 1.165) is 18.2 Å². The summed E-state index contributed by atoms with van der Waals surface area (Å²) in [7, 11) is 2.30. The van der Waals surface area contributed by atoms with Crippen molar-refractivity contribution in [3.8, 4) is 0 Å². The third kappa shape index (κ3) is 8.42. The van der Waals surface area contributed by atoms with E-state index in [-0.39, 0.29) is 18.4 Å². The second kappa shape index (κ2) is 11.0. The van der Waals surface area contributed by atoms with Crippen molar-refractivity contribution in [1.29, 1.82) is 0 Å². The van der Waals surface area contributed by atoms with E-state index in [1.807, 2.05) is 6.92 Å². The zero-order valence-electron chi connectivity index (χ0n) is 13.1. The van der Waals surface area contributed by atoms with Crippen LogP contribution in [0, 0.1) is 5.92 Å². The van der Waals surface area contributed by atoms with E-state index in [4.69, 9.17) is 19.0 Å². The van der Waals surface area contributed by atoms with Crippen molar-refractivity contribution < 1.29 is 22.9 Å². The topological polar surface area (TPSA) is 99.9 Å². The van der Waals surface area contributed by atoms with Gasteiger partial charge in [0, 0.05) is 39.0 Å². The van der Waals surface area contributed by atoms with E-state index in [1.54, 1.807) is 33.1 Å². The van der Waals surface area contributed by atoms with Gasteiger partial charge in [0.05, 0.1) is 6.54 Å². The number of hydrogen-bond acceptors (Lipinski definition) is 6. The molecular formula is C12H26N2O5SSi. The van der Waals surface area contributed by atoms with Gasteiger partial charge in [0.2, 0.25) is 11.8 Å². The molecule has 0 spiro atoms. The summed E-state index contributed by atoms with van der Waals surface area (Å²) in [4.78, 5) is 22.2. The summed E-state index contributed by atoms with van der Waals surface area (Å²) in [5.74, 6) is 0.715. The van der Waals surface area contributed by atoms with Crippen molar-refractivity contribution in [2.75, 3.05) is 39.4 Å². The molecule has 1 atom stereocenters. The summed E-state index contributed by atoms with van der Waals surface area (Å²) in [6.07, 6.45) is 0.891. The molecule has 2 amide bonds. The molecular weight excluding hydrogens is 312 g/mol. The van der Waals surface area contributed by atoms with Gasteiger partial charge in [-0.3, -0.25) is 9.59 Å². The molecule has 0 rings (SSSR count). The number of thioether (sulfide) groups is 1. The molecule has 0 fully saturated rings. The van der Waals surface area contributed by atoms with Crippen LogP contribution in [0.1, 0.15) is 13.3 Å². The third-order valence-corrected chi connectivity index (χ3v) is 7.10. The van der Waals surface area contributed by atoms with Gasteiger partial charge >= 0.3 is 8.80 Å². The summed E-state index contributed by atoms with van der Waals surface area (Å²) in [5, 5.41) is 2.49. The molecule has 0 saturated heterocycles. The van der Waals surface area contributed by atoms with Gasteiger partial charge in [-0.1, -0.05) is 6.92 Å². The van der Waals surface area contributed by atoms with Crippen molar-refractivity contribution in [3.05, 3.63) is 0 Å². The number of nitrogens with two attached hydrogens (primary N) is 1. The molecule has 0 aliphatic heterocycles. The molecule has 0 aromatic rings. The lowest BCUT2D eigenvalue weighted by atomic mass is 10.2. The van der Waals surface area contributed by atoms with Crippen molar-refractivity contribution in [3.63, 3.8) is 0 Å². The standard InChI is InChI=1S/C12H26N2O5SSi/c1-10(12(16)14-8-11(13)15)9-20-6-5-7-21(17-2,18-3)19-4/h10H,5-9H2,1-4H3,(H2,13,15)(H,14,16). The fourth-order valence-electron chi connectivity index (χ4n) is 1.63. The molecule has 7 nitrogen and oxygen atoms in total. The van der Waals surface area contributed by atoms with E-state index in [0.29, 0.717) is 5.75 Å². The molecule has 21 heavy (non-hydrogen) atoms. The van der Waals surface area contributed by atoms with Gasteiger partial charge in [0.15, 0.2) is 0 Å². The van der Waals surface area contributed by atoms with Crippen LogP contribution in [0.4, 0.5) is 0 Å². The molecule has 9 heteroatoms. The molecule has 0 aliphatic rings. The Morgan fingerprint density at radius 3 is 2.29 bits per heavy atom. The number of primary amides is 1. The zero-order valence-corrected chi connectivity index (χ0v) is 15.0. The molecule has 0 bridgehead atoms. The van der Waals surface area contributed by atoms with E-state index >= 15 is 0 Å². The van der Waals surface area contributed by atoms with E-state index in [1.165, 1.54) is 0 Å². The Hall–Kier alpha value is -0.613. The van der Waals surface area contributed by atoms with Crippen molar-refractivity contribution in [2.45, 2.75) is 19.4 Å². The average Bonchev–Trinajstić information content (AvgIpc) is 2.48. The number of amides is 2. The summed E-state index contributed by atoms with van der Waals surface area (Å²) in [6.45, 7) is 1.71. The van der Waals surface area contributed by atoms with Crippen LogP contribution in [0.3, 0.4) is 0 Å². The fourth-order valence-corrected chi connectivity index (χ4v) is 4.63. The van der Waals surface area contributed by atoms with Crippen LogP contribution in [-0.4, -0.2) is 60.0 Å². The van der Waals surface area contributed by atoms with Gasteiger partial charge < -0.3 is 24.3 Å². The third-order valence-electron chi connectivity index (χ3n) is 2.96. The first-order chi connectivity index (χ1) is 9.90. The lowest BCUT2D eigenvalue weighted by Crippen LogP contribution is -2.42. The first-order valence-corrected chi connectivity index (χ1v) is 9.78. The van der Waals surface area contributed by atoms with E-state index < -0.39 is 14.7 Å². The maximum atomic E-state index is 11.6. The minimum Gasteiger partial charge on any atom is -0.377 e. The van der Waals surface area contributed by atoms with E-state index in [2.05, 4.69) is 5.32 Å². The molecule has 0 aromatic carbocycles. The first-order valence-electron chi connectivity index (χ1n) is 6.70. The monoisotopic (exact) mass is 338 g/mol. The van der Waals surface area contributed by atoms with E-state index in [9.17, 15) is 9.59 Å². The lowest BCUT2D eigenvalue weighted by molar-refractivity contribution is -0.126. The molecule has 0 heterocycles. The number of hydrogen-bond donors (Lipinski definition) is 2. The summed E-state index contributed by atoms with van der Waals surface area (Å²) < 4.78 is 16.0.